The normalized spacial score (nSPS) is 11.7. The van der Waals surface area contributed by atoms with Crippen molar-refractivity contribution in [2.75, 3.05) is 25.3 Å². The Bertz CT molecular complexity index is 1240. The maximum Gasteiger partial charge on any atom is 0.247 e. The summed E-state index contributed by atoms with van der Waals surface area (Å²) < 4.78 is 10.7. The van der Waals surface area contributed by atoms with E-state index in [1.807, 2.05) is 65.0 Å². The molecule has 0 aliphatic rings. The van der Waals surface area contributed by atoms with Gasteiger partial charge in [0.25, 0.3) is 0 Å². The quantitative estimate of drug-likeness (QED) is 0.266. The standard InChI is InChI=1S/C29H36N4O4S/c1-18(2)27(28(35)32-24-13-12-23(36-6)15-25(24)37-7)33(16-22-10-8-19(3)9-11-22)26(34)17-38-29-30-20(4)14-21(5)31-29/h8-15,18,27H,16-17H2,1-7H3,(H,32,35). The summed E-state index contributed by atoms with van der Waals surface area (Å²) in [5.74, 6) is 0.569. The molecule has 0 spiro atoms. The summed E-state index contributed by atoms with van der Waals surface area (Å²) in [6, 6.07) is 14.3. The minimum atomic E-state index is -0.726. The second-order valence-electron chi connectivity index (χ2n) is 9.47. The summed E-state index contributed by atoms with van der Waals surface area (Å²) in [6.07, 6.45) is 0. The Kier molecular flexibility index (Phi) is 10.1. The zero-order valence-corrected chi connectivity index (χ0v) is 23.9. The van der Waals surface area contributed by atoms with Crippen LogP contribution < -0.4 is 14.8 Å². The molecule has 202 valence electrons. The monoisotopic (exact) mass is 536 g/mol. The van der Waals surface area contributed by atoms with Gasteiger partial charge in [-0.1, -0.05) is 55.4 Å². The van der Waals surface area contributed by atoms with E-state index in [0.29, 0.717) is 28.9 Å². The molecule has 1 atom stereocenters. The van der Waals surface area contributed by atoms with Gasteiger partial charge < -0.3 is 19.7 Å². The van der Waals surface area contributed by atoms with Crippen LogP contribution in [0.5, 0.6) is 11.5 Å². The van der Waals surface area contributed by atoms with Crippen LogP contribution in [0, 0.1) is 26.7 Å². The molecule has 0 saturated heterocycles. The average molecular weight is 537 g/mol. The number of aromatic nitrogens is 2. The Labute approximate surface area is 229 Å². The van der Waals surface area contributed by atoms with Crippen molar-refractivity contribution in [3.8, 4) is 11.5 Å². The second-order valence-corrected chi connectivity index (χ2v) is 10.4. The number of nitrogens with zero attached hydrogens (tertiary/aromatic N) is 3. The molecule has 9 heteroatoms. The minimum Gasteiger partial charge on any atom is -0.497 e. The van der Waals surface area contributed by atoms with Gasteiger partial charge in [-0.3, -0.25) is 9.59 Å². The third-order valence-electron chi connectivity index (χ3n) is 5.98. The van der Waals surface area contributed by atoms with Crippen LogP contribution in [0.25, 0.3) is 0 Å². The average Bonchev–Trinajstić information content (AvgIpc) is 2.87. The van der Waals surface area contributed by atoms with E-state index in [-0.39, 0.29) is 23.5 Å². The number of hydrogen-bond acceptors (Lipinski definition) is 7. The van der Waals surface area contributed by atoms with Crippen molar-refractivity contribution < 1.29 is 19.1 Å². The number of hydrogen-bond donors (Lipinski definition) is 1. The maximum absolute atomic E-state index is 13.7. The Morgan fingerprint density at radius 1 is 0.947 bits per heavy atom. The highest BCUT2D eigenvalue weighted by Crippen LogP contribution is 2.30. The Hall–Kier alpha value is -3.59. The van der Waals surface area contributed by atoms with Crippen LogP contribution in [-0.2, 0) is 16.1 Å². The first kappa shape index (κ1) is 29.0. The number of rotatable bonds is 11. The predicted molar refractivity (Wildman–Crippen MR) is 151 cm³/mol. The van der Waals surface area contributed by atoms with Crippen molar-refractivity contribution in [3.05, 3.63) is 71.0 Å². The van der Waals surface area contributed by atoms with Crippen molar-refractivity contribution >= 4 is 29.3 Å². The van der Waals surface area contributed by atoms with Crippen LogP contribution >= 0.6 is 11.8 Å². The fourth-order valence-corrected chi connectivity index (χ4v) is 4.95. The summed E-state index contributed by atoms with van der Waals surface area (Å²) in [7, 11) is 3.10. The molecule has 0 saturated carbocycles. The summed E-state index contributed by atoms with van der Waals surface area (Å²) >= 11 is 1.27. The molecule has 1 aromatic heterocycles. The van der Waals surface area contributed by atoms with Crippen LogP contribution in [0.1, 0.15) is 36.4 Å². The van der Waals surface area contributed by atoms with E-state index >= 15 is 0 Å². The summed E-state index contributed by atoms with van der Waals surface area (Å²) in [5.41, 5.74) is 4.26. The molecule has 1 N–H and O–H groups in total. The summed E-state index contributed by atoms with van der Waals surface area (Å²) in [5, 5.41) is 3.51. The van der Waals surface area contributed by atoms with Crippen LogP contribution in [0.4, 0.5) is 5.69 Å². The number of benzene rings is 2. The number of carbonyl (C=O) groups is 2. The first-order chi connectivity index (χ1) is 18.1. The van der Waals surface area contributed by atoms with E-state index in [2.05, 4.69) is 15.3 Å². The summed E-state index contributed by atoms with van der Waals surface area (Å²) in [4.78, 5) is 37.9. The lowest BCUT2D eigenvalue weighted by molar-refractivity contribution is -0.138. The highest BCUT2D eigenvalue weighted by Gasteiger charge is 2.33. The number of carbonyl (C=O) groups excluding carboxylic acids is 2. The van der Waals surface area contributed by atoms with Crippen LogP contribution in [-0.4, -0.2) is 52.7 Å². The van der Waals surface area contributed by atoms with Gasteiger partial charge in [0.15, 0.2) is 5.16 Å². The third-order valence-corrected chi connectivity index (χ3v) is 6.81. The first-order valence-electron chi connectivity index (χ1n) is 12.4. The molecule has 3 aromatic rings. The van der Waals surface area contributed by atoms with Crippen LogP contribution in [0.2, 0.25) is 0 Å². The molecule has 0 aliphatic heterocycles. The van der Waals surface area contributed by atoms with E-state index in [1.165, 1.54) is 18.9 Å². The van der Waals surface area contributed by atoms with Crippen molar-refractivity contribution in [3.63, 3.8) is 0 Å². The third kappa shape index (κ3) is 7.71. The molecule has 0 fully saturated rings. The highest BCUT2D eigenvalue weighted by atomic mass is 32.2. The smallest absolute Gasteiger partial charge is 0.247 e. The molecule has 8 nitrogen and oxygen atoms in total. The van der Waals surface area contributed by atoms with Crippen molar-refractivity contribution in [2.45, 2.75) is 52.4 Å². The zero-order chi connectivity index (χ0) is 27.8. The highest BCUT2D eigenvalue weighted by molar-refractivity contribution is 7.99. The number of thioether (sulfide) groups is 1. The number of ether oxygens (including phenoxy) is 2. The fraction of sp³-hybridized carbons (Fsp3) is 0.379. The predicted octanol–water partition coefficient (Wildman–Crippen LogP) is 5.20. The van der Waals surface area contributed by atoms with Gasteiger partial charge in [-0.15, -0.1) is 0 Å². The molecular weight excluding hydrogens is 500 g/mol. The zero-order valence-electron chi connectivity index (χ0n) is 23.1. The molecule has 0 radical (unpaired) electrons. The molecule has 2 amide bonds. The van der Waals surface area contributed by atoms with Gasteiger partial charge in [0.05, 0.1) is 25.7 Å². The molecule has 1 unspecified atom stereocenters. The van der Waals surface area contributed by atoms with Gasteiger partial charge in [0, 0.05) is 24.0 Å². The van der Waals surface area contributed by atoms with E-state index in [4.69, 9.17) is 9.47 Å². The Balaban J connectivity index is 1.90. The Morgan fingerprint density at radius 3 is 2.18 bits per heavy atom. The lowest BCUT2D eigenvalue weighted by Crippen LogP contribution is -2.50. The Morgan fingerprint density at radius 2 is 1.61 bits per heavy atom. The SMILES string of the molecule is COc1ccc(NC(=O)C(C(C)C)N(Cc2ccc(C)cc2)C(=O)CSc2nc(C)cc(C)n2)c(OC)c1. The van der Waals surface area contributed by atoms with E-state index in [0.717, 1.165) is 22.5 Å². The number of methoxy groups -OCH3 is 2. The topological polar surface area (TPSA) is 93.7 Å². The fourth-order valence-electron chi connectivity index (χ4n) is 4.11. The second kappa shape index (κ2) is 13.3. The number of amides is 2. The number of nitrogens with one attached hydrogen (secondary N) is 1. The molecule has 3 rings (SSSR count). The van der Waals surface area contributed by atoms with Crippen LogP contribution in [0.15, 0.2) is 53.7 Å². The lowest BCUT2D eigenvalue weighted by Gasteiger charge is -2.34. The van der Waals surface area contributed by atoms with Gasteiger partial charge in [-0.05, 0) is 50.5 Å². The van der Waals surface area contributed by atoms with Gasteiger partial charge in [0.2, 0.25) is 11.8 Å². The van der Waals surface area contributed by atoms with Crippen molar-refractivity contribution in [2.24, 2.45) is 5.92 Å². The van der Waals surface area contributed by atoms with Gasteiger partial charge in [-0.25, -0.2) is 9.97 Å². The van der Waals surface area contributed by atoms with Gasteiger partial charge in [-0.2, -0.15) is 0 Å². The molecular formula is C29H36N4O4S. The minimum absolute atomic E-state index is 0.108. The molecule has 0 aliphatic carbocycles. The maximum atomic E-state index is 13.7. The van der Waals surface area contributed by atoms with Crippen molar-refractivity contribution in [1.82, 2.24) is 14.9 Å². The molecule has 2 aromatic carbocycles. The van der Waals surface area contributed by atoms with E-state index in [1.54, 1.807) is 30.2 Å². The number of aryl methyl sites for hydroxylation is 3. The number of anilines is 1. The lowest BCUT2D eigenvalue weighted by atomic mass is 10.00. The largest absolute Gasteiger partial charge is 0.497 e. The van der Waals surface area contributed by atoms with E-state index < -0.39 is 6.04 Å². The molecule has 1 heterocycles. The van der Waals surface area contributed by atoms with E-state index in [9.17, 15) is 9.59 Å². The van der Waals surface area contributed by atoms with Crippen LogP contribution in [0.3, 0.4) is 0 Å². The molecule has 0 bridgehead atoms. The van der Waals surface area contributed by atoms with Gasteiger partial charge >= 0.3 is 0 Å². The van der Waals surface area contributed by atoms with Gasteiger partial charge in [0.1, 0.15) is 17.5 Å². The summed E-state index contributed by atoms with van der Waals surface area (Å²) in [6.45, 7) is 9.98. The van der Waals surface area contributed by atoms with Crippen molar-refractivity contribution in [1.29, 1.82) is 0 Å². The molecule has 38 heavy (non-hydrogen) atoms. The first-order valence-corrected chi connectivity index (χ1v) is 13.4.